The van der Waals surface area contributed by atoms with Crippen LogP contribution in [-0.4, -0.2) is 24.3 Å². The van der Waals surface area contributed by atoms with Gasteiger partial charge in [-0.2, -0.15) is 0 Å². The first-order chi connectivity index (χ1) is 9.15. The lowest BCUT2D eigenvalue weighted by Gasteiger charge is -2.11. The average molecular weight is 261 g/mol. The van der Waals surface area contributed by atoms with Crippen LogP contribution in [0.15, 0.2) is 35.3 Å². The molecular weight excluding hydrogens is 246 g/mol. The van der Waals surface area contributed by atoms with Crippen LogP contribution in [0.1, 0.15) is 6.92 Å². The van der Waals surface area contributed by atoms with Crippen LogP contribution in [0, 0.1) is 0 Å². The number of hydrogen-bond acceptors (Lipinski definition) is 4. The Morgan fingerprint density at radius 2 is 2.11 bits per heavy atom. The van der Waals surface area contributed by atoms with Gasteiger partial charge in [0.25, 0.3) is 0 Å². The summed E-state index contributed by atoms with van der Waals surface area (Å²) in [5.41, 5.74) is 0.572. The lowest BCUT2D eigenvalue weighted by atomic mass is 10.2. The van der Waals surface area contributed by atoms with E-state index in [2.05, 4.69) is 4.74 Å². The first-order valence-corrected chi connectivity index (χ1v) is 5.98. The van der Waals surface area contributed by atoms with Gasteiger partial charge in [0.2, 0.25) is 0 Å². The topological polar surface area (TPSA) is 57.5 Å². The fourth-order valence-corrected chi connectivity index (χ4v) is 1.88. The number of nitrogens with zero attached hydrogens (tertiary/aromatic N) is 1. The third-order valence-corrected chi connectivity index (χ3v) is 2.79. The second-order valence-corrected chi connectivity index (χ2v) is 4.00. The minimum absolute atomic E-state index is 0.0584. The molecule has 0 amide bonds. The first kappa shape index (κ1) is 13.1. The summed E-state index contributed by atoms with van der Waals surface area (Å²) in [6.45, 7) is 2.49. The van der Waals surface area contributed by atoms with Crippen LogP contribution in [0.2, 0.25) is 0 Å². The molecule has 0 saturated carbocycles. The maximum Gasteiger partial charge on any atom is 0.325 e. The van der Waals surface area contributed by atoms with Crippen molar-refractivity contribution in [3.05, 3.63) is 40.7 Å². The van der Waals surface area contributed by atoms with Crippen molar-refractivity contribution in [2.24, 2.45) is 0 Å². The fourth-order valence-electron chi connectivity index (χ4n) is 1.88. The number of rotatable bonds is 4. The van der Waals surface area contributed by atoms with Crippen molar-refractivity contribution >= 4 is 16.9 Å². The molecule has 0 radical (unpaired) electrons. The van der Waals surface area contributed by atoms with E-state index in [1.165, 1.54) is 13.2 Å². The van der Waals surface area contributed by atoms with Crippen LogP contribution in [0.25, 0.3) is 10.9 Å². The summed E-state index contributed by atoms with van der Waals surface area (Å²) in [5.74, 6) is 0.297. The van der Waals surface area contributed by atoms with Crippen molar-refractivity contribution in [3.8, 4) is 5.75 Å². The van der Waals surface area contributed by atoms with E-state index in [0.29, 0.717) is 23.3 Å². The second kappa shape index (κ2) is 5.56. The Balaban J connectivity index is 2.56. The number of esters is 1. The number of fused-ring (bicyclic) bond motifs is 1. The number of pyridine rings is 1. The van der Waals surface area contributed by atoms with Gasteiger partial charge in [-0.25, -0.2) is 0 Å². The van der Waals surface area contributed by atoms with Crippen LogP contribution in [0.3, 0.4) is 0 Å². The van der Waals surface area contributed by atoms with Crippen LogP contribution < -0.4 is 10.2 Å². The quantitative estimate of drug-likeness (QED) is 0.784. The number of carbonyl (C=O) groups is 1. The molecule has 1 aromatic carbocycles. The summed E-state index contributed by atoms with van der Waals surface area (Å²) in [6, 6.07) is 6.64. The van der Waals surface area contributed by atoms with E-state index in [1.807, 2.05) is 6.92 Å². The van der Waals surface area contributed by atoms with Gasteiger partial charge in [-0.1, -0.05) is 0 Å². The minimum atomic E-state index is -0.369. The molecule has 0 atom stereocenters. The Labute approximate surface area is 110 Å². The van der Waals surface area contributed by atoms with Crippen LogP contribution in [-0.2, 0) is 16.1 Å². The molecule has 0 aliphatic heterocycles. The van der Waals surface area contributed by atoms with Crippen LogP contribution in [0.5, 0.6) is 5.75 Å². The zero-order valence-electron chi connectivity index (χ0n) is 10.9. The summed E-state index contributed by atoms with van der Waals surface area (Å²) < 4.78 is 11.7. The van der Waals surface area contributed by atoms with Crippen molar-refractivity contribution in [1.82, 2.24) is 4.57 Å². The number of hydrogen-bond donors (Lipinski definition) is 0. The Morgan fingerprint density at radius 3 is 2.79 bits per heavy atom. The second-order valence-electron chi connectivity index (χ2n) is 4.00. The van der Waals surface area contributed by atoms with Crippen LogP contribution >= 0.6 is 0 Å². The zero-order chi connectivity index (χ0) is 13.8. The average Bonchev–Trinajstić information content (AvgIpc) is 2.42. The highest BCUT2D eigenvalue weighted by atomic mass is 16.5. The summed E-state index contributed by atoms with van der Waals surface area (Å²) in [4.78, 5) is 23.2. The van der Waals surface area contributed by atoms with Gasteiger partial charge in [-0.3, -0.25) is 9.59 Å². The lowest BCUT2D eigenvalue weighted by Crippen LogP contribution is -2.15. The van der Waals surface area contributed by atoms with Crippen LogP contribution in [0.4, 0.5) is 0 Å². The zero-order valence-corrected chi connectivity index (χ0v) is 10.9. The van der Waals surface area contributed by atoms with Gasteiger partial charge in [0, 0.05) is 23.7 Å². The van der Waals surface area contributed by atoms with Crippen molar-refractivity contribution in [3.63, 3.8) is 0 Å². The smallest absolute Gasteiger partial charge is 0.325 e. The third kappa shape index (κ3) is 2.76. The number of aromatic nitrogens is 1. The standard InChI is InChI=1S/C14H15NO4/c1-3-19-10-4-5-11-12(8-10)15(7-6-13(11)16)9-14(17)18-2/h4-8H,3,9H2,1-2H3. The van der Waals surface area contributed by atoms with Crippen molar-refractivity contribution in [2.45, 2.75) is 13.5 Å². The highest BCUT2D eigenvalue weighted by Gasteiger charge is 2.08. The Bertz CT molecular complexity index is 660. The predicted molar refractivity (Wildman–Crippen MR) is 71.4 cm³/mol. The normalized spacial score (nSPS) is 10.4. The third-order valence-electron chi connectivity index (χ3n) is 2.79. The largest absolute Gasteiger partial charge is 0.494 e. The van der Waals surface area contributed by atoms with E-state index >= 15 is 0 Å². The molecule has 0 aliphatic carbocycles. The molecule has 0 spiro atoms. The summed E-state index contributed by atoms with van der Waals surface area (Å²) in [5, 5.41) is 0.551. The highest BCUT2D eigenvalue weighted by molar-refractivity contribution is 5.82. The summed E-state index contributed by atoms with van der Waals surface area (Å²) in [6.07, 6.45) is 1.58. The fraction of sp³-hybridized carbons (Fsp3) is 0.286. The number of benzene rings is 1. The molecule has 0 aliphatic rings. The maximum absolute atomic E-state index is 11.8. The van der Waals surface area contributed by atoms with Crippen molar-refractivity contribution < 1.29 is 14.3 Å². The predicted octanol–water partition coefficient (Wildman–Crippen LogP) is 1.57. The molecule has 1 heterocycles. The maximum atomic E-state index is 11.8. The van der Waals surface area contributed by atoms with E-state index in [4.69, 9.17) is 4.74 Å². The molecule has 1 aromatic heterocycles. The molecule has 100 valence electrons. The first-order valence-electron chi connectivity index (χ1n) is 5.98. The van der Waals surface area contributed by atoms with Gasteiger partial charge in [-0.15, -0.1) is 0 Å². The minimum Gasteiger partial charge on any atom is -0.494 e. The molecule has 2 aromatic rings. The van der Waals surface area contributed by atoms with Gasteiger partial charge in [0.15, 0.2) is 5.43 Å². The molecule has 19 heavy (non-hydrogen) atoms. The Morgan fingerprint density at radius 1 is 1.32 bits per heavy atom. The number of methoxy groups -OCH3 is 1. The molecule has 0 unspecified atom stereocenters. The molecule has 0 bridgehead atoms. The molecule has 0 saturated heterocycles. The van der Waals surface area contributed by atoms with Gasteiger partial charge in [0.1, 0.15) is 12.3 Å². The molecule has 0 fully saturated rings. The SMILES string of the molecule is CCOc1ccc2c(=O)ccn(CC(=O)OC)c2c1. The van der Waals surface area contributed by atoms with E-state index in [9.17, 15) is 9.59 Å². The number of ether oxygens (including phenoxy) is 2. The molecule has 5 nitrogen and oxygen atoms in total. The van der Waals surface area contributed by atoms with Crippen molar-refractivity contribution in [1.29, 1.82) is 0 Å². The van der Waals surface area contributed by atoms with Gasteiger partial charge >= 0.3 is 5.97 Å². The Kier molecular flexibility index (Phi) is 3.85. The van der Waals surface area contributed by atoms with Crippen molar-refractivity contribution in [2.75, 3.05) is 13.7 Å². The van der Waals surface area contributed by atoms with E-state index in [0.717, 1.165) is 0 Å². The van der Waals surface area contributed by atoms with Gasteiger partial charge in [-0.05, 0) is 19.1 Å². The van der Waals surface area contributed by atoms with E-state index < -0.39 is 0 Å². The monoisotopic (exact) mass is 261 g/mol. The summed E-state index contributed by atoms with van der Waals surface area (Å²) >= 11 is 0. The molecular formula is C14H15NO4. The van der Waals surface area contributed by atoms with E-state index in [1.54, 1.807) is 29.0 Å². The van der Waals surface area contributed by atoms with E-state index in [-0.39, 0.29) is 17.9 Å². The molecule has 2 rings (SSSR count). The highest BCUT2D eigenvalue weighted by Crippen LogP contribution is 2.18. The Hall–Kier alpha value is -2.30. The molecule has 0 N–H and O–H groups in total. The summed E-state index contributed by atoms with van der Waals surface area (Å²) in [7, 11) is 1.33. The molecule has 5 heteroatoms. The van der Waals surface area contributed by atoms with Gasteiger partial charge in [0.05, 0.1) is 19.2 Å². The number of carbonyl (C=O) groups excluding carboxylic acids is 1. The lowest BCUT2D eigenvalue weighted by molar-refractivity contribution is -0.141. The van der Waals surface area contributed by atoms with Gasteiger partial charge < -0.3 is 14.0 Å².